The Morgan fingerprint density at radius 2 is 2.24 bits per heavy atom. The molecule has 2 rings (SSSR count). The van der Waals surface area contributed by atoms with Gasteiger partial charge in [0.25, 0.3) is 0 Å². The molecule has 0 amide bonds. The molecule has 1 heterocycles. The molecule has 0 aliphatic carbocycles. The molecule has 90 valence electrons. The SMILES string of the molecule is C[C@H](C=O)CNCCc1c[nH]c2ccccc12. The number of H-pyrrole nitrogens is 1. The Labute approximate surface area is 101 Å². The van der Waals surface area contributed by atoms with E-state index in [0.29, 0.717) is 0 Å². The van der Waals surface area contributed by atoms with E-state index in [1.165, 1.54) is 16.5 Å². The second-order valence-corrected chi connectivity index (χ2v) is 4.43. The average Bonchev–Trinajstić information content (AvgIpc) is 2.78. The average molecular weight is 230 g/mol. The second-order valence-electron chi connectivity index (χ2n) is 4.43. The number of aromatic nitrogens is 1. The van der Waals surface area contributed by atoms with Crippen LogP contribution in [0.2, 0.25) is 0 Å². The predicted octanol–water partition coefficient (Wildman–Crippen LogP) is 2.13. The lowest BCUT2D eigenvalue weighted by atomic mass is 10.1. The summed E-state index contributed by atoms with van der Waals surface area (Å²) in [5, 5.41) is 4.58. The number of carbonyl (C=O) groups is 1. The minimum atomic E-state index is 0.0953. The number of nitrogens with one attached hydrogen (secondary N) is 2. The first-order valence-electron chi connectivity index (χ1n) is 6.02. The van der Waals surface area contributed by atoms with Gasteiger partial charge < -0.3 is 15.1 Å². The largest absolute Gasteiger partial charge is 0.361 e. The van der Waals surface area contributed by atoms with Crippen molar-refractivity contribution in [1.29, 1.82) is 0 Å². The Morgan fingerprint density at radius 3 is 3.06 bits per heavy atom. The van der Waals surface area contributed by atoms with Gasteiger partial charge in [-0.15, -0.1) is 0 Å². The van der Waals surface area contributed by atoms with Crippen LogP contribution >= 0.6 is 0 Å². The highest BCUT2D eigenvalue weighted by molar-refractivity contribution is 5.83. The Balaban J connectivity index is 1.89. The van der Waals surface area contributed by atoms with Gasteiger partial charge in [0.2, 0.25) is 0 Å². The molecule has 0 saturated heterocycles. The minimum absolute atomic E-state index is 0.0953. The van der Waals surface area contributed by atoms with Crippen LogP contribution < -0.4 is 5.32 Å². The van der Waals surface area contributed by atoms with Crippen LogP contribution in [-0.4, -0.2) is 24.4 Å². The van der Waals surface area contributed by atoms with Gasteiger partial charge in [0.1, 0.15) is 6.29 Å². The van der Waals surface area contributed by atoms with E-state index in [9.17, 15) is 4.79 Å². The third kappa shape index (κ3) is 2.94. The van der Waals surface area contributed by atoms with E-state index in [1.807, 2.05) is 13.0 Å². The highest BCUT2D eigenvalue weighted by Gasteiger charge is 2.03. The molecule has 3 nitrogen and oxygen atoms in total. The number of hydrogen-bond acceptors (Lipinski definition) is 2. The third-order valence-electron chi connectivity index (χ3n) is 2.94. The first kappa shape index (κ1) is 11.9. The normalized spacial score (nSPS) is 12.8. The zero-order valence-electron chi connectivity index (χ0n) is 10.1. The van der Waals surface area contributed by atoms with E-state index in [2.05, 4.69) is 34.7 Å². The molecular weight excluding hydrogens is 212 g/mol. The molecule has 0 aliphatic rings. The van der Waals surface area contributed by atoms with Crippen molar-refractivity contribution in [1.82, 2.24) is 10.3 Å². The Kier molecular flexibility index (Phi) is 3.94. The number of para-hydroxylation sites is 1. The van der Waals surface area contributed by atoms with Gasteiger partial charge in [0.05, 0.1) is 0 Å². The maximum absolute atomic E-state index is 10.5. The van der Waals surface area contributed by atoms with Crippen LogP contribution in [0.5, 0.6) is 0 Å². The van der Waals surface area contributed by atoms with E-state index in [1.54, 1.807) is 0 Å². The summed E-state index contributed by atoms with van der Waals surface area (Å²) in [7, 11) is 0. The van der Waals surface area contributed by atoms with Crippen LogP contribution in [0.1, 0.15) is 12.5 Å². The molecule has 1 aromatic carbocycles. The van der Waals surface area contributed by atoms with E-state index in [0.717, 1.165) is 25.8 Å². The molecule has 3 heteroatoms. The summed E-state index contributed by atoms with van der Waals surface area (Å²) in [6, 6.07) is 8.31. The van der Waals surface area contributed by atoms with E-state index < -0.39 is 0 Å². The van der Waals surface area contributed by atoms with E-state index in [-0.39, 0.29) is 5.92 Å². The number of rotatable bonds is 6. The molecule has 1 atom stereocenters. The van der Waals surface area contributed by atoms with Gasteiger partial charge in [-0.25, -0.2) is 0 Å². The topological polar surface area (TPSA) is 44.9 Å². The second kappa shape index (κ2) is 5.64. The summed E-state index contributed by atoms with van der Waals surface area (Å²) < 4.78 is 0. The molecule has 2 N–H and O–H groups in total. The van der Waals surface area contributed by atoms with Gasteiger partial charge in [-0.1, -0.05) is 25.1 Å². The number of carbonyl (C=O) groups excluding carboxylic acids is 1. The Hall–Kier alpha value is -1.61. The number of hydrogen-bond donors (Lipinski definition) is 2. The standard InChI is InChI=1S/C14H18N2O/c1-11(10-17)8-15-7-6-12-9-16-14-5-3-2-4-13(12)14/h2-5,9-11,15-16H,6-8H2,1H3/t11-/m0/s1. The number of fused-ring (bicyclic) bond motifs is 1. The molecule has 1 aromatic heterocycles. The quantitative estimate of drug-likeness (QED) is 0.590. The molecule has 0 bridgehead atoms. The monoisotopic (exact) mass is 230 g/mol. The fraction of sp³-hybridized carbons (Fsp3) is 0.357. The zero-order chi connectivity index (χ0) is 12.1. The summed E-state index contributed by atoms with van der Waals surface area (Å²) in [6.07, 6.45) is 4.03. The van der Waals surface area contributed by atoms with Gasteiger partial charge in [-0.3, -0.25) is 0 Å². The van der Waals surface area contributed by atoms with Crippen molar-refractivity contribution in [2.45, 2.75) is 13.3 Å². The van der Waals surface area contributed by atoms with Gasteiger partial charge in [-0.05, 0) is 24.6 Å². The lowest BCUT2D eigenvalue weighted by molar-refractivity contribution is -0.110. The van der Waals surface area contributed by atoms with Gasteiger partial charge in [0, 0.05) is 29.6 Å². The smallest absolute Gasteiger partial charge is 0.124 e. The van der Waals surface area contributed by atoms with Crippen LogP contribution in [0.4, 0.5) is 0 Å². The van der Waals surface area contributed by atoms with E-state index >= 15 is 0 Å². The van der Waals surface area contributed by atoms with Crippen molar-refractivity contribution in [3.8, 4) is 0 Å². The maximum atomic E-state index is 10.5. The lowest BCUT2D eigenvalue weighted by Crippen LogP contribution is -2.24. The van der Waals surface area contributed by atoms with Crippen molar-refractivity contribution in [3.63, 3.8) is 0 Å². The molecule has 0 fully saturated rings. The summed E-state index contributed by atoms with van der Waals surface area (Å²) in [4.78, 5) is 13.7. The molecule has 0 saturated carbocycles. The van der Waals surface area contributed by atoms with Crippen molar-refractivity contribution >= 4 is 17.2 Å². The fourth-order valence-electron chi connectivity index (χ4n) is 1.94. The van der Waals surface area contributed by atoms with Crippen molar-refractivity contribution < 1.29 is 4.79 Å². The fourth-order valence-corrected chi connectivity index (χ4v) is 1.94. The molecule has 0 spiro atoms. The number of aromatic amines is 1. The summed E-state index contributed by atoms with van der Waals surface area (Å²) in [5.74, 6) is 0.0953. The highest BCUT2D eigenvalue weighted by atomic mass is 16.1. The Morgan fingerprint density at radius 1 is 1.41 bits per heavy atom. The maximum Gasteiger partial charge on any atom is 0.124 e. The first-order chi connectivity index (χ1) is 8.31. The first-order valence-corrected chi connectivity index (χ1v) is 6.02. The van der Waals surface area contributed by atoms with Crippen molar-refractivity contribution in [3.05, 3.63) is 36.0 Å². The van der Waals surface area contributed by atoms with E-state index in [4.69, 9.17) is 0 Å². The van der Waals surface area contributed by atoms with Crippen LogP contribution in [-0.2, 0) is 11.2 Å². The van der Waals surface area contributed by atoms with Crippen LogP contribution in [0.25, 0.3) is 10.9 Å². The zero-order valence-corrected chi connectivity index (χ0v) is 10.1. The number of aldehydes is 1. The predicted molar refractivity (Wildman–Crippen MR) is 70.1 cm³/mol. The van der Waals surface area contributed by atoms with Gasteiger partial charge in [-0.2, -0.15) is 0 Å². The lowest BCUT2D eigenvalue weighted by Gasteiger charge is -2.05. The molecule has 0 unspecified atom stereocenters. The van der Waals surface area contributed by atoms with Crippen LogP contribution in [0.15, 0.2) is 30.5 Å². The highest BCUT2D eigenvalue weighted by Crippen LogP contribution is 2.17. The molecule has 0 radical (unpaired) electrons. The molecule has 17 heavy (non-hydrogen) atoms. The van der Waals surface area contributed by atoms with Gasteiger partial charge >= 0.3 is 0 Å². The van der Waals surface area contributed by atoms with Crippen molar-refractivity contribution in [2.75, 3.05) is 13.1 Å². The summed E-state index contributed by atoms with van der Waals surface area (Å²) in [6.45, 7) is 3.58. The Bertz CT molecular complexity index is 490. The third-order valence-corrected chi connectivity index (χ3v) is 2.94. The van der Waals surface area contributed by atoms with Crippen LogP contribution in [0.3, 0.4) is 0 Å². The minimum Gasteiger partial charge on any atom is -0.361 e. The molecule has 0 aliphatic heterocycles. The summed E-state index contributed by atoms with van der Waals surface area (Å²) >= 11 is 0. The van der Waals surface area contributed by atoms with Gasteiger partial charge in [0.15, 0.2) is 0 Å². The number of benzene rings is 1. The van der Waals surface area contributed by atoms with Crippen molar-refractivity contribution in [2.24, 2.45) is 5.92 Å². The molecular formula is C14H18N2O. The van der Waals surface area contributed by atoms with Crippen LogP contribution in [0, 0.1) is 5.92 Å². The molecule has 2 aromatic rings. The summed E-state index contributed by atoms with van der Waals surface area (Å²) in [5.41, 5.74) is 2.51.